The summed E-state index contributed by atoms with van der Waals surface area (Å²) in [5.41, 5.74) is 0.292. The Kier molecular flexibility index (Phi) is 2.28. The molecule has 0 saturated carbocycles. The van der Waals surface area contributed by atoms with Crippen LogP contribution >= 0.6 is 15.9 Å². The third-order valence-electron chi connectivity index (χ3n) is 1.58. The summed E-state index contributed by atoms with van der Waals surface area (Å²) in [6.45, 7) is 0. The molecule has 2 aromatic rings. The second-order valence-corrected chi connectivity index (χ2v) is 3.30. The molecule has 14 heavy (non-hydrogen) atoms. The highest BCUT2D eigenvalue weighted by molar-refractivity contribution is 9.10. The van der Waals surface area contributed by atoms with Gasteiger partial charge in [0.05, 0.1) is 5.69 Å². The number of aromatic nitrogens is 3. The van der Waals surface area contributed by atoms with Crippen LogP contribution in [0.25, 0.3) is 5.69 Å². The summed E-state index contributed by atoms with van der Waals surface area (Å²) in [5.74, 6) is -1.29. The summed E-state index contributed by atoms with van der Waals surface area (Å²) in [5, 5.41) is 3.85. The van der Waals surface area contributed by atoms with Crippen molar-refractivity contribution in [1.29, 1.82) is 0 Å². The van der Waals surface area contributed by atoms with Crippen molar-refractivity contribution < 1.29 is 8.78 Å². The van der Waals surface area contributed by atoms with Crippen LogP contribution < -0.4 is 0 Å². The monoisotopic (exact) mass is 259 g/mol. The van der Waals surface area contributed by atoms with Crippen molar-refractivity contribution in [1.82, 2.24) is 14.8 Å². The molecule has 1 aromatic heterocycles. The van der Waals surface area contributed by atoms with Gasteiger partial charge in [0.2, 0.25) is 4.73 Å². The quantitative estimate of drug-likeness (QED) is 0.787. The van der Waals surface area contributed by atoms with E-state index in [1.165, 1.54) is 23.1 Å². The maximum absolute atomic E-state index is 12.8. The second-order valence-electron chi connectivity index (χ2n) is 2.59. The molecule has 3 nitrogen and oxygen atoms in total. The molecule has 1 aromatic carbocycles. The van der Waals surface area contributed by atoms with Gasteiger partial charge in [0.25, 0.3) is 0 Å². The van der Waals surface area contributed by atoms with E-state index in [4.69, 9.17) is 0 Å². The van der Waals surface area contributed by atoms with E-state index in [0.29, 0.717) is 10.4 Å². The Morgan fingerprint density at radius 1 is 1.14 bits per heavy atom. The van der Waals surface area contributed by atoms with Gasteiger partial charge in [-0.1, -0.05) is 0 Å². The number of benzene rings is 1. The zero-order valence-corrected chi connectivity index (χ0v) is 8.37. The zero-order valence-electron chi connectivity index (χ0n) is 6.78. The molecular weight excluding hydrogens is 256 g/mol. The Bertz CT molecular complexity index is 449. The lowest BCUT2D eigenvalue weighted by molar-refractivity contribution is 0.580. The largest absolute Gasteiger partial charge is 0.220 e. The summed E-state index contributed by atoms with van der Waals surface area (Å²) in [4.78, 5) is 3.78. The van der Waals surface area contributed by atoms with Gasteiger partial charge in [-0.25, -0.2) is 18.4 Å². The van der Waals surface area contributed by atoms with Gasteiger partial charge in [0, 0.05) is 6.07 Å². The molecule has 1 heterocycles. The van der Waals surface area contributed by atoms with E-state index in [2.05, 4.69) is 26.0 Å². The van der Waals surface area contributed by atoms with Crippen LogP contribution in [0, 0.1) is 11.6 Å². The molecule has 0 aliphatic rings. The van der Waals surface area contributed by atoms with Crippen molar-refractivity contribution in [3.63, 3.8) is 0 Å². The summed E-state index contributed by atoms with van der Waals surface area (Å²) in [7, 11) is 0. The first-order chi connectivity index (χ1) is 6.65. The highest BCUT2D eigenvalue weighted by atomic mass is 79.9. The molecule has 6 heteroatoms. The number of hydrogen-bond acceptors (Lipinski definition) is 2. The molecule has 0 saturated heterocycles. The molecule has 0 aliphatic carbocycles. The number of rotatable bonds is 1. The minimum absolute atomic E-state index is 0.292. The molecule has 0 radical (unpaired) electrons. The molecular formula is C8H4BrF2N3. The SMILES string of the molecule is Fc1cc(F)cc(-n2cnc(Br)n2)c1. The fourth-order valence-electron chi connectivity index (χ4n) is 1.04. The Morgan fingerprint density at radius 2 is 1.79 bits per heavy atom. The molecule has 0 spiro atoms. The van der Waals surface area contributed by atoms with Gasteiger partial charge in [0.1, 0.15) is 18.0 Å². The van der Waals surface area contributed by atoms with Gasteiger partial charge in [-0.15, -0.1) is 5.10 Å². The Hall–Kier alpha value is -1.30. The minimum Gasteiger partial charge on any atom is -0.220 e. The van der Waals surface area contributed by atoms with Crippen LogP contribution in [-0.4, -0.2) is 14.8 Å². The summed E-state index contributed by atoms with van der Waals surface area (Å²) >= 11 is 3.04. The standard InChI is InChI=1S/C8H4BrF2N3/c9-8-12-4-14(13-8)7-2-5(10)1-6(11)3-7/h1-4H. The van der Waals surface area contributed by atoms with Gasteiger partial charge in [-0.2, -0.15) is 0 Å². The van der Waals surface area contributed by atoms with E-state index < -0.39 is 11.6 Å². The normalized spacial score (nSPS) is 10.5. The number of hydrogen-bond donors (Lipinski definition) is 0. The van der Waals surface area contributed by atoms with E-state index in [-0.39, 0.29) is 0 Å². The Balaban J connectivity index is 2.51. The van der Waals surface area contributed by atoms with Crippen molar-refractivity contribution in [2.75, 3.05) is 0 Å². The third kappa shape index (κ3) is 1.79. The molecule has 0 fully saturated rings. The van der Waals surface area contributed by atoms with Crippen LogP contribution in [-0.2, 0) is 0 Å². The summed E-state index contributed by atoms with van der Waals surface area (Å²) in [6, 6.07) is 3.14. The zero-order chi connectivity index (χ0) is 10.1. The van der Waals surface area contributed by atoms with Crippen LogP contribution in [0.3, 0.4) is 0 Å². The Morgan fingerprint density at radius 3 is 2.29 bits per heavy atom. The molecule has 0 unspecified atom stereocenters. The van der Waals surface area contributed by atoms with Crippen LogP contribution in [0.2, 0.25) is 0 Å². The van der Waals surface area contributed by atoms with E-state index in [0.717, 1.165) is 6.07 Å². The maximum Gasteiger partial charge on any atom is 0.217 e. The molecule has 0 aliphatic heterocycles. The fourth-order valence-corrected chi connectivity index (χ4v) is 1.30. The highest BCUT2D eigenvalue weighted by Gasteiger charge is 2.04. The number of nitrogens with zero attached hydrogens (tertiary/aromatic N) is 3. The van der Waals surface area contributed by atoms with Gasteiger partial charge >= 0.3 is 0 Å². The predicted octanol–water partition coefficient (Wildman–Crippen LogP) is 2.31. The van der Waals surface area contributed by atoms with Crippen molar-refractivity contribution in [3.8, 4) is 5.69 Å². The number of halogens is 3. The molecule has 0 bridgehead atoms. The lowest BCUT2D eigenvalue weighted by atomic mass is 10.3. The van der Waals surface area contributed by atoms with E-state index in [1.54, 1.807) is 0 Å². The maximum atomic E-state index is 12.8. The van der Waals surface area contributed by atoms with Crippen LogP contribution in [0.4, 0.5) is 8.78 Å². The highest BCUT2D eigenvalue weighted by Crippen LogP contribution is 2.12. The van der Waals surface area contributed by atoms with Crippen molar-refractivity contribution in [3.05, 3.63) is 40.9 Å². The van der Waals surface area contributed by atoms with Crippen molar-refractivity contribution in [2.45, 2.75) is 0 Å². The fraction of sp³-hybridized carbons (Fsp3) is 0. The minimum atomic E-state index is -0.647. The van der Waals surface area contributed by atoms with Crippen molar-refractivity contribution >= 4 is 15.9 Å². The summed E-state index contributed by atoms with van der Waals surface area (Å²) < 4.78 is 27.3. The van der Waals surface area contributed by atoms with E-state index >= 15 is 0 Å². The molecule has 0 amide bonds. The van der Waals surface area contributed by atoms with E-state index in [1.807, 2.05) is 0 Å². The van der Waals surface area contributed by atoms with Gasteiger partial charge in [0.15, 0.2) is 0 Å². The first kappa shape index (κ1) is 9.26. The van der Waals surface area contributed by atoms with Crippen LogP contribution in [0.5, 0.6) is 0 Å². The lowest BCUT2D eigenvalue weighted by Crippen LogP contribution is -1.96. The van der Waals surface area contributed by atoms with Crippen molar-refractivity contribution in [2.24, 2.45) is 0 Å². The van der Waals surface area contributed by atoms with E-state index in [9.17, 15) is 8.78 Å². The second kappa shape index (κ2) is 3.45. The first-order valence-corrected chi connectivity index (χ1v) is 4.48. The van der Waals surface area contributed by atoms with Gasteiger partial charge in [-0.05, 0) is 28.1 Å². The lowest BCUT2D eigenvalue weighted by Gasteiger charge is -1.99. The van der Waals surface area contributed by atoms with Crippen LogP contribution in [0.1, 0.15) is 0 Å². The first-order valence-electron chi connectivity index (χ1n) is 3.69. The van der Waals surface area contributed by atoms with Gasteiger partial charge < -0.3 is 0 Å². The predicted molar refractivity (Wildman–Crippen MR) is 49.0 cm³/mol. The third-order valence-corrected chi connectivity index (χ3v) is 1.94. The van der Waals surface area contributed by atoms with Gasteiger partial charge in [-0.3, -0.25) is 0 Å². The smallest absolute Gasteiger partial charge is 0.217 e. The summed E-state index contributed by atoms with van der Waals surface area (Å²) in [6.07, 6.45) is 1.36. The molecule has 72 valence electrons. The molecule has 0 N–H and O–H groups in total. The average molecular weight is 260 g/mol. The molecule has 0 atom stereocenters. The Labute approximate surface area is 86.5 Å². The average Bonchev–Trinajstić information content (AvgIpc) is 2.50. The van der Waals surface area contributed by atoms with Crippen LogP contribution in [0.15, 0.2) is 29.3 Å². The topological polar surface area (TPSA) is 30.7 Å². The molecule has 2 rings (SSSR count).